The highest BCUT2D eigenvalue weighted by Crippen LogP contribution is 2.13. The normalized spacial score (nSPS) is 20.4. The molecule has 1 heterocycles. The van der Waals surface area contributed by atoms with Crippen LogP contribution >= 0.6 is 0 Å². The van der Waals surface area contributed by atoms with Gasteiger partial charge in [0.05, 0.1) is 6.04 Å². The van der Waals surface area contributed by atoms with E-state index in [0.29, 0.717) is 0 Å². The molecule has 0 aromatic heterocycles. The van der Waals surface area contributed by atoms with E-state index in [9.17, 15) is 4.79 Å². The van der Waals surface area contributed by atoms with E-state index in [0.717, 1.165) is 26.2 Å². The van der Waals surface area contributed by atoms with Crippen molar-refractivity contribution in [2.45, 2.75) is 52.7 Å². The van der Waals surface area contributed by atoms with Crippen molar-refractivity contribution in [1.29, 1.82) is 0 Å². The standard InChI is InChI=1S/C14H29N3O/c1-11(2)17(12(3)4)14(18)13(5)16-9-7-15(6)8-10-16/h11-13H,7-10H2,1-6H3. The SMILES string of the molecule is CC(C(=O)N(C(C)C)C(C)C)N1CCN(C)CC1. The summed E-state index contributed by atoms with van der Waals surface area (Å²) in [7, 11) is 2.14. The maximum atomic E-state index is 12.6. The first-order valence-electron chi connectivity index (χ1n) is 7.09. The van der Waals surface area contributed by atoms with Crippen LogP contribution in [0.3, 0.4) is 0 Å². The van der Waals surface area contributed by atoms with Gasteiger partial charge in [-0.05, 0) is 41.7 Å². The second-order valence-corrected chi connectivity index (χ2v) is 5.95. The number of amides is 1. The molecule has 0 aliphatic carbocycles. The average Bonchev–Trinajstić information content (AvgIpc) is 2.28. The molecular formula is C14H29N3O. The zero-order valence-electron chi connectivity index (χ0n) is 12.8. The van der Waals surface area contributed by atoms with E-state index < -0.39 is 0 Å². The molecule has 0 bridgehead atoms. The van der Waals surface area contributed by atoms with Crippen molar-refractivity contribution in [1.82, 2.24) is 14.7 Å². The van der Waals surface area contributed by atoms with Crippen molar-refractivity contribution < 1.29 is 4.79 Å². The summed E-state index contributed by atoms with van der Waals surface area (Å²) < 4.78 is 0. The smallest absolute Gasteiger partial charge is 0.240 e. The summed E-state index contributed by atoms with van der Waals surface area (Å²) in [6.45, 7) is 14.5. The van der Waals surface area contributed by atoms with Gasteiger partial charge in [-0.15, -0.1) is 0 Å². The van der Waals surface area contributed by atoms with Gasteiger partial charge in [0.15, 0.2) is 0 Å². The van der Waals surface area contributed by atoms with Gasteiger partial charge >= 0.3 is 0 Å². The number of piperazine rings is 1. The van der Waals surface area contributed by atoms with Crippen LogP contribution in [0.1, 0.15) is 34.6 Å². The molecule has 0 aromatic rings. The van der Waals surface area contributed by atoms with E-state index in [2.05, 4.69) is 44.5 Å². The van der Waals surface area contributed by atoms with Crippen molar-refractivity contribution in [2.24, 2.45) is 0 Å². The summed E-state index contributed by atoms with van der Waals surface area (Å²) in [5, 5.41) is 0. The summed E-state index contributed by atoms with van der Waals surface area (Å²) in [5.74, 6) is 0.268. The van der Waals surface area contributed by atoms with Crippen molar-refractivity contribution in [2.75, 3.05) is 33.2 Å². The predicted octanol–water partition coefficient (Wildman–Crippen LogP) is 1.27. The minimum atomic E-state index is 0.00324. The Hall–Kier alpha value is -0.610. The van der Waals surface area contributed by atoms with Crippen LogP contribution in [0, 0.1) is 0 Å². The first kappa shape index (κ1) is 15.4. The molecule has 1 aliphatic heterocycles. The summed E-state index contributed by atoms with van der Waals surface area (Å²) >= 11 is 0. The Morgan fingerprint density at radius 2 is 1.39 bits per heavy atom. The molecule has 1 unspecified atom stereocenters. The van der Waals surface area contributed by atoms with Crippen LogP contribution < -0.4 is 0 Å². The molecule has 0 saturated carbocycles. The molecule has 0 N–H and O–H groups in total. The fourth-order valence-electron chi connectivity index (χ4n) is 2.69. The predicted molar refractivity (Wildman–Crippen MR) is 75.7 cm³/mol. The van der Waals surface area contributed by atoms with Crippen molar-refractivity contribution in [3.05, 3.63) is 0 Å². The maximum absolute atomic E-state index is 12.6. The van der Waals surface area contributed by atoms with Crippen LogP contribution in [-0.2, 0) is 4.79 Å². The van der Waals surface area contributed by atoms with Gasteiger partial charge < -0.3 is 9.80 Å². The Bertz CT molecular complexity index is 262. The average molecular weight is 255 g/mol. The molecule has 18 heavy (non-hydrogen) atoms. The lowest BCUT2D eigenvalue weighted by atomic mass is 10.1. The van der Waals surface area contributed by atoms with Crippen LogP contribution in [0.5, 0.6) is 0 Å². The van der Waals surface area contributed by atoms with E-state index >= 15 is 0 Å². The Kier molecular flexibility index (Phi) is 5.60. The molecule has 4 heteroatoms. The number of carbonyl (C=O) groups is 1. The molecule has 1 saturated heterocycles. The number of hydrogen-bond donors (Lipinski definition) is 0. The summed E-state index contributed by atoms with van der Waals surface area (Å²) in [6, 6.07) is 0.545. The fraction of sp³-hybridized carbons (Fsp3) is 0.929. The molecule has 0 aromatic carbocycles. The lowest BCUT2D eigenvalue weighted by molar-refractivity contribution is -0.140. The molecule has 106 valence electrons. The lowest BCUT2D eigenvalue weighted by Gasteiger charge is -2.40. The van der Waals surface area contributed by atoms with E-state index in [1.165, 1.54) is 0 Å². The first-order chi connectivity index (χ1) is 8.34. The van der Waals surface area contributed by atoms with Gasteiger partial charge in [-0.25, -0.2) is 0 Å². The third-order valence-corrected chi connectivity index (χ3v) is 3.81. The summed E-state index contributed by atoms with van der Waals surface area (Å²) in [6.07, 6.45) is 0. The molecule has 1 aliphatic rings. The highest BCUT2D eigenvalue weighted by molar-refractivity contribution is 5.82. The zero-order chi connectivity index (χ0) is 13.9. The minimum Gasteiger partial charge on any atom is -0.336 e. The summed E-state index contributed by atoms with van der Waals surface area (Å²) in [5.41, 5.74) is 0. The number of nitrogens with zero attached hydrogens (tertiary/aromatic N) is 3. The Morgan fingerprint density at radius 3 is 1.78 bits per heavy atom. The number of likely N-dealkylation sites (N-methyl/N-ethyl adjacent to an activating group) is 1. The second kappa shape index (κ2) is 6.53. The van der Waals surface area contributed by atoms with Crippen LogP contribution in [0.2, 0.25) is 0 Å². The molecular weight excluding hydrogens is 226 g/mol. The molecule has 1 rings (SSSR count). The zero-order valence-corrected chi connectivity index (χ0v) is 12.8. The lowest BCUT2D eigenvalue weighted by Crippen LogP contribution is -2.56. The topological polar surface area (TPSA) is 26.8 Å². The van der Waals surface area contributed by atoms with Crippen molar-refractivity contribution in [3.63, 3.8) is 0 Å². The third kappa shape index (κ3) is 3.69. The van der Waals surface area contributed by atoms with Gasteiger partial charge in [0.2, 0.25) is 5.91 Å². The van der Waals surface area contributed by atoms with Gasteiger partial charge in [-0.3, -0.25) is 9.69 Å². The maximum Gasteiger partial charge on any atom is 0.240 e. The number of hydrogen-bond acceptors (Lipinski definition) is 3. The molecule has 1 amide bonds. The quantitative estimate of drug-likeness (QED) is 0.757. The van der Waals surface area contributed by atoms with E-state index in [1.807, 2.05) is 11.8 Å². The van der Waals surface area contributed by atoms with Gasteiger partial charge in [-0.1, -0.05) is 0 Å². The summed E-state index contributed by atoms with van der Waals surface area (Å²) in [4.78, 5) is 19.2. The van der Waals surface area contributed by atoms with Crippen LogP contribution in [0.4, 0.5) is 0 Å². The monoisotopic (exact) mass is 255 g/mol. The second-order valence-electron chi connectivity index (χ2n) is 5.95. The molecule has 0 spiro atoms. The first-order valence-corrected chi connectivity index (χ1v) is 7.09. The van der Waals surface area contributed by atoms with Gasteiger partial charge in [0.1, 0.15) is 0 Å². The Morgan fingerprint density at radius 1 is 0.944 bits per heavy atom. The number of carbonyl (C=O) groups excluding carboxylic acids is 1. The molecule has 1 atom stereocenters. The fourth-order valence-corrected chi connectivity index (χ4v) is 2.69. The van der Waals surface area contributed by atoms with Gasteiger partial charge in [-0.2, -0.15) is 0 Å². The highest BCUT2D eigenvalue weighted by Gasteiger charge is 2.30. The van der Waals surface area contributed by atoms with Crippen LogP contribution in [-0.4, -0.2) is 72.0 Å². The van der Waals surface area contributed by atoms with Gasteiger partial charge in [0.25, 0.3) is 0 Å². The number of rotatable bonds is 4. The van der Waals surface area contributed by atoms with Gasteiger partial charge in [0, 0.05) is 38.3 Å². The van der Waals surface area contributed by atoms with Crippen molar-refractivity contribution in [3.8, 4) is 0 Å². The molecule has 1 fully saturated rings. The van der Waals surface area contributed by atoms with Crippen molar-refractivity contribution >= 4 is 5.91 Å². The molecule has 4 nitrogen and oxygen atoms in total. The van der Waals surface area contributed by atoms with E-state index in [-0.39, 0.29) is 24.0 Å². The highest BCUT2D eigenvalue weighted by atomic mass is 16.2. The Balaban J connectivity index is 2.64. The Labute approximate surface area is 112 Å². The largest absolute Gasteiger partial charge is 0.336 e. The van der Waals surface area contributed by atoms with E-state index in [1.54, 1.807) is 0 Å². The van der Waals surface area contributed by atoms with Crippen LogP contribution in [0.15, 0.2) is 0 Å². The van der Waals surface area contributed by atoms with Crippen LogP contribution in [0.25, 0.3) is 0 Å². The minimum absolute atomic E-state index is 0.00324. The molecule has 0 radical (unpaired) electrons. The third-order valence-electron chi connectivity index (χ3n) is 3.81. The van der Waals surface area contributed by atoms with E-state index in [4.69, 9.17) is 0 Å².